The molecule has 11 heteroatoms. The van der Waals surface area contributed by atoms with E-state index in [4.69, 9.17) is 10.6 Å². The number of para-hydroxylation sites is 2. The predicted molar refractivity (Wildman–Crippen MR) is 144 cm³/mol. The van der Waals surface area contributed by atoms with Gasteiger partial charge in [-0.2, -0.15) is 5.90 Å². The Kier molecular flexibility index (Phi) is 8.16. The molecular formula is C27H34N6O5. The number of nitrogens with zero attached hydrogens (tertiary/aromatic N) is 3. The minimum absolute atomic E-state index is 0.0113. The van der Waals surface area contributed by atoms with Crippen LogP contribution in [0.3, 0.4) is 0 Å². The number of piperidine rings is 1. The standard InChI is InChI=1S/C27H34N6O5/c1-27(2,3)37-26(36)33-22-7-5-4-6-21(22)31-25(33)30-19-13-16-32(17-14-19)20-10-8-18(9-11-20)24(35)29-15-12-23(34)38-28/h4-11,19H,12-17,28H2,1-3H3,(H,29,35)(H,30,31). The first-order valence-electron chi connectivity index (χ1n) is 12.6. The summed E-state index contributed by atoms with van der Waals surface area (Å²) in [4.78, 5) is 47.4. The summed E-state index contributed by atoms with van der Waals surface area (Å²) >= 11 is 0. The Hall–Kier alpha value is -4.12. The number of carbonyl (C=O) groups excluding carboxylic acids is 3. The number of carbonyl (C=O) groups is 3. The number of aromatic nitrogens is 2. The number of ether oxygens (including phenoxy) is 1. The van der Waals surface area contributed by atoms with Crippen LogP contribution in [0.4, 0.5) is 16.4 Å². The molecule has 1 fully saturated rings. The van der Waals surface area contributed by atoms with Gasteiger partial charge in [-0.25, -0.2) is 14.3 Å². The minimum atomic E-state index is -0.625. The molecule has 1 aliphatic heterocycles. The molecule has 1 saturated heterocycles. The van der Waals surface area contributed by atoms with E-state index in [0.717, 1.165) is 37.1 Å². The molecular weight excluding hydrogens is 488 g/mol. The van der Waals surface area contributed by atoms with Crippen LogP contribution in [0.1, 0.15) is 50.4 Å². The van der Waals surface area contributed by atoms with Crippen LogP contribution in [-0.2, 0) is 14.4 Å². The van der Waals surface area contributed by atoms with Crippen LogP contribution in [0.15, 0.2) is 48.5 Å². The van der Waals surface area contributed by atoms with Gasteiger partial charge in [-0.1, -0.05) is 12.1 Å². The van der Waals surface area contributed by atoms with E-state index in [2.05, 4.69) is 25.4 Å². The third-order valence-corrected chi connectivity index (χ3v) is 6.21. The highest BCUT2D eigenvalue weighted by Gasteiger charge is 2.26. The van der Waals surface area contributed by atoms with Crippen LogP contribution >= 0.6 is 0 Å². The summed E-state index contributed by atoms with van der Waals surface area (Å²) in [5.41, 5.74) is 2.33. The maximum Gasteiger partial charge on any atom is 0.421 e. The first kappa shape index (κ1) is 26.9. The van der Waals surface area contributed by atoms with E-state index in [1.54, 1.807) is 12.1 Å². The first-order chi connectivity index (χ1) is 18.1. The lowest BCUT2D eigenvalue weighted by Gasteiger charge is -2.34. The zero-order chi connectivity index (χ0) is 27.3. The Labute approximate surface area is 221 Å². The fourth-order valence-corrected chi connectivity index (χ4v) is 4.34. The molecule has 2 aromatic carbocycles. The maximum absolute atomic E-state index is 13.0. The molecule has 0 atom stereocenters. The lowest BCUT2D eigenvalue weighted by atomic mass is 10.0. The number of fused-ring (bicyclic) bond motifs is 1. The average molecular weight is 523 g/mol. The van der Waals surface area contributed by atoms with Gasteiger partial charge in [0.15, 0.2) is 0 Å². The maximum atomic E-state index is 13.0. The summed E-state index contributed by atoms with van der Waals surface area (Å²) in [6, 6.07) is 15.0. The molecule has 0 unspecified atom stereocenters. The molecule has 0 aliphatic carbocycles. The number of hydrogen-bond acceptors (Lipinski definition) is 9. The molecule has 2 heterocycles. The van der Waals surface area contributed by atoms with E-state index < -0.39 is 17.7 Å². The van der Waals surface area contributed by atoms with Gasteiger partial charge in [-0.3, -0.25) is 9.59 Å². The molecule has 38 heavy (non-hydrogen) atoms. The fraction of sp³-hybridized carbons (Fsp3) is 0.407. The molecule has 3 aromatic rings. The molecule has 0 spiro atoms. The highest BCUT2D eigenvalue weighted by Crippen LogP contribution is 2.26. The van der Waals surface area contributed by atoms with E-state index in [1.807, 2.05) is 57.2 Å². The fourth-order valence-electron chi connectivity index (χ4n) is 4.34. The zero-order valence-corrected chi connectivity index (χ0v) is 21.9. The Bertz CT molecular complexity index is 1290. The monoisotopic (exact) mass is 522 g/mol. The SMILES string of the molecule is CC(C)(C)OC(=O)n1c(NC2CCN(c3ccc(C(=O)NCCC(=O)ON)cc3)CC2)nc2ccccc21. The van der Waals surface area contributed by atoms with Crippen molar-refractivity contribution in [3.05, 3.63) is 54.1 Å². The van der Waals surface area contributed by atoms with E-state index >= 15 is 0 Å². The number of imidazole rings is 1. The highest BCUT2D eigenvalue weighted by atomic mass is 16.7. The van der Waals surface area contributed by atoms with Gasteiger partial charge in [-0.15, -0.1) is 0 Å². The van der Waals surface area contributed by atoms with E-state index in [1.165, 1.54) is 4.57 Å². The van der Waals surface area contributed by atoms with E-state index in [0.29, 0.717) is 17.0 Å². The quantitative estimate of drug-likeness (QED) is 0.398. The number of nitrogens with two attached hydrogens (primary N) is 1. The Morgan fingerprint density at radius 2 is 1.74 bits per heavy atom. The average Bonchev–Trinajstić information content (AvgIpc) is 3.26. The predicted octanol–water partition coefficient (Wildman–Crippen LogP) is 3.44. The lowest BCUT2D eigenvalue weighted by molar-refractivity contribution is -0.144. The Morgan fingerprint density at radius 1 is 1.05 bits per heavy atom. The molecule has 4 rings (SSSR count). The second kappa shape index (κ2) is 11.5. The zero-order valence-electron chi connectivity index (χ0n) is 21.9. The molecule has 1 aliphatic rings. The molecule has 0 bridgehead atoms. The van der Waals surface area contributed by atoms with Crippen molar-refractivity contribution in [3.63, 3.8) is 0 Å². The van der Waals surface area contributed by atoms with Gasteiger partial charge in [-0.05, 0) is 70.0 Å². The molecule has 0 radical (unpaired) electrons. The summed E-state index contributed by atoms with van der Waals surface area (Å²) in [6.07, 6.45) is 1.24. The van der Waals surface area contributed by atoms with Crippen LogP contribution in [-0.4, -0.2) is 58.8 Å². The van der Waals surface area contributed by atoms with Crippen molar-refractivity contribution < 1.29 is 24.0 Å². The second-order valence-electron chi connectivity index (χ2n) is 10.2. The van der Waals surface area contributed by atoms with Crippen LogP contribution in [0.2, 0.25) is 0 Å². The number of benzene rings is 2. The molecule has 4 N–H and O–H groups in total. The topological polar surface area (TPSA) is 141 Å². The molecule has 0 saturated carbocycles. The van der Waals surface area contributed by atoms with Gasteiger partial charge in [0.25, 0.3) is 5.91 Å². The summed E-state index contributed by atoms with van der Waals surface area (Å²) in [5.74, 6) is 4.43. The van der Waals surface area contributed by atoms with Crippen molar-refractivity contribution in [1.29, 1.82) is 0 Å². The summed E-state index contributed by atoms with van der Waals surface area (Å²) in [6.45, 7) is 7.28. The highest BCUT2D eigenvalue weighted by molar-refractivity contribution is 5.94. The molecule has 11 nitrogen and oxygen atoms in total. The van der Waals surface area contributed by atoms with Crippen molar-refractivity contribution in [2.24, 2.45) is 5.90 Å². The first-order valence-corrected chi connectivity index (χ1v) is 12.6. The van der Waals surface area contributed by atoms with Crippen molar-refractivity contribution in [2.75, 3.05) is 29.9 Å². The molecule has 1 aromatic heterocycles. The van der Waals surface area contributed by atoms with Crippen LogP contribution in [0.5, 0.6) is 0 Å². The molecule has 202 valence electrons. The Balaban J connectivity index is 1.36. The van der Waals surface area contributed by atoms with Crippen molar-refractivity contribution in [2.45, 2.75) is 51.7 Å². The summed E-state index contributed by atoms with van der Waals surface area (Å²) < 4.78 is 7.15. The van der Waals surface area contributed by atoms with Crippen LogP contribution < -0.4 is 21.4 Å². The van der Waals surface area contributed by atoms with Crippen molar-refractivity contribution in [3.8, 4) is 0 Å². The van der Waals surface area contributed by atoms with Gasteiger partial charge < -0.3 is 25.1 Å². The normalized spacial score (nSPS) is 14.3. The number of anilines is 2. The van der Waals surface area contributed by atoms with Crippen molar-refractivity contribution in [1.82, 2.24) is 14.9 Å². The third kappa shape index (κ3) is 6.60. The largest absolute Gasteiger partial charge is 0.443 e. The van der Waals surface area contributed by atoms with Gasteiger partial charge in [0.1, 0.15) is 5.60 Å². The summed E-state index contributed by atoms with van der Waals surface area (Å²) in [5, 5.41) is 6.13. The lowest BCUT2D eigenvalue weighted by Crippen LogP contribution is -2.40. The number of rotatable bonds is 7. The second-order valence-corrected chi connectivity index (χ2v) is 10.2. The van der Waals surface area contributed by atoms with E-state index in [9.17, 15) is 14.4 Å². The molecule has 1 amide bonds. The van der Waals surface area contributed by atoms with Gasteiger partial charge in [0.05, 0.1) is 17.5 Å². The number of nitrogens with one attached hydrogen (secondary N) is 2. The van der Waals surface area contributed by atoms with Gasteiger partial charge in [0, 0.05) is 36.9 Å². The number of hydrogen-bond donors (Lipinski definition) is 3. The van der Waals surface area contributed by atoms with E-state index in [-0.39, 0.29) is 24.9 Å². The van der Waals surface area contributed by atoms with Crippen LogP contribution in [0.25, 0.3) is 11.0 Å². The van der Waals surface area contributed by atoms with Crippen LogP contribution in [0, 0.1) is 0 Å². The van der Waals surface area contributed by atoms with Crippen molar-refractivity contribution >= 4 is 40.6 Å². The minimum Gasteiger partial charge on any atom is -0.443 e. The third-order valence-electron chi connectivity index (χ3n) is 6.21. The van der Waals surface area contributed by atoms with Gasteiger partial charge >= 0.3 is 12.1 Å². The smallest absolute Gasteiger partial charge is 0.421 e. The number of amides is 1. The summed E-state index contributed by atoms with van der Waals surface area (Å²) in [7, 11) is 0. The Morgan fingerprint density at radius 3 is 2.39 bits per heavy atom. The van der Waals surface area contributed by atoms with Gasteiger partial charge in [0.2, 0.25) is 5.95 Å².